The van der Waals surface area contributed by atoms with Gasteiger partial charge < -0.3 is 11.5 Å². The van der Waals surface area contributed by atoms with Gasteiger partial charge >= 0.3 is 0 Å². The fraction of sp³-hybridized carbons (Fsp3) is 0.333. The van der Waals surface area contributed by atoms with Gasteiger partial charge in [0.2, 0.25) is 0 Å². The summed E-state index contributed by atoms with van der Waals surface area (Å²) in [6.45, 7) is 4.32. The number of hydrogen-bond acceptors (Lipinski definition) is 2. The Labute approximate surface area is 103 Å². The van der Waals surface area contributed by atoms with Crippen molar-refractivity contribution in [3.05, 3.63) is 48.1 Å². The minimum Gasteiger partial charge on any atom is -0.399 e. The maximum atomic E-state index is 6.31. The van der Waals surface area contributed by atoms with Crippen LogP contribution in [0.3, 0.4) is 0 Å². The second-order valence-electron chi connectivity index (χ2n) is 5.09. The van der Waals surface area contributed by atoms with E-state index in [1.807, 2.05) is 24.3 Å². The highest BCUT2D eigenvalue weighted by atomic mass is 14.7. The number of hydrogen-bond donors (Lipinski definition) is 2. The Kier molecular flexibility index (Phi) is 3.07. The molecule has 0 spiro atoms. The first-order valence-corrected chi connectivity index (χ1v) is 6.05. The molecule has 1 aromatic carbocycles. The fourth-order valence-electron chi connectivity index (χ4n) is 1.99. The highest BCUT2D eigenvalue weighted by Gasteiger charge is 2.26. The molecule has 1 aliphatic rings. The second-order valence-corrected chi connectivity index (χ2v) is 5.09. The number of nitrogens with two attached hydrogens (primary N) is 2. The SMILES string of the molecule is CC(C)C1(N)C=CC(c2ccc(N)cc2)=CC1. The van der Waals surface area contributed by atoms with Crippen LogP contribution in [-0.4, -0.2) is 5.54 Å². The van der Waals surface area contributed by atoms with E-state index < -0.39 is 0 Å². The summed E-state index contributed by atoms with van der Waals surface area (Å²) in [6, 6.07) is 7.95. The molecule has 0 amide bonds. The van der Waals surface area contributed by atoms with Crippen molar-refractivity contribution in [2.75, 3.05) is 5.73 Å². The smallest absolute Gasteiger partial charge is 0.0400 e. The molecule has 0 fully saturated rings. The summed E-state index contributed by atoms with van der Waals surface area (Å²) >= 11 is 0. The molecule has 1 aliphatic carbocycles. The quantitative estimate of drug-likeness (QED) is 0.765. The molecule has 0 saturated carbocycles. The van der Waals surface area contributed by atoms with E-state index in [2.05, 4.69) is 32.1 Å². The number of allylic oxidation sites excluding steroid dienone is 2. The van der Waals surface area contributed by atoms with Gasteiger partial charge in [-0.05, 0) is 35.6 Å². The summed E-state index contributed by atoms with van der Waals surface area (Å²) < 4.78 is 0. The zero-order chi connectivity index (χ0) is 12.5. The number of anilines is 1. The van der Waals surface area contributed by atoms with Gasteiger partial charge in [0.15, 0.2) is 0 Å². The minimum absolute atomic E-state index is 0.197. The van der Waals surface area contributed by atoms with Crippen LogP contribution in [0.1, 0.15) is 25.8 Å². The Morgan fingerprint density at radius 1 is 1.18 bits per heavy atom. The van der Waals surface area contributed by atoms with Crippen molar-refractivity contribution in [3.8, 4) is 0 Å². The molecule has 1 atom stereocenters. The van der Waals surface area contributed by atoms with Gasteiger partial charge in [0.1, 0.15) is 0 Å². The first-order chi connectivity index (χ1) is 8.01. The summed E-state index contributed by atoms with van der Waals surface area (Å²) in [4.78, 5) is 0. The van der Waals surface area contributed by atoms with Crippen molar-refractivity contribution in [1.82, 2.24) is 0 Å². The standard InChI is InChI=1S/C15H20N2/c1-11(2)15(17)9-7-13(8-10-15)12-3-5-14(16)6-4-12/h3-9,11H,10,16-17H2,1-2H3. The lowest BCUT2D eigenvalue weighted by Gasteiger charge is -2.32. The molecule has 4 N–H and O–H groups in total. The maximum absolute atomic E-state index is 6.31. The molecule has 2 nitrogen and oxygen atoms in total. The first-order valence-electron chi connectivity index (χ1n) is 6.05. The predicted molar refractivity (Wildman–Crippen MR) is 74.3 cm³/mol. The predicted octanol–water partition coefficient (Wildman–Crippen LogP) is 2.97. The van der Waals surface area contributed by atoms with E-state index in [4.69, 9.17) is 11.5 Å². The van der Waals surface area contributed by atoms with E-state index in [1.54, 1.807) is 0 Å². The van der Waals surface area contributed by atoms with E-state index in [1.165, 1.54) is 11.1 Å². The maximum Gasteiger partial charge on any atom is 0.0400 e. The third kappa shape index (κ3) is 2.42. The van der Waals surface area contributed by atoms with Crippen molar-refractivity contribution in [3.63, 3.8) is 0 Å². The number of benzene rings is 1. The topological polar surface area (TPSA) is 52.0 Å². The molecule has 0 heterocycles. The number of nitrogen functional groups attached to an aromatic ring is 1. The van der Waals surface area contributed by atoms with Crippen LogP contribution in [0.4, 0.5) is 5.69 Å². The highest BCUT2D eigenvalue weighted by Crippen LogP contribution is 2.30. The monoisotopic (exact) mass is 228 g/mol. The third-order valence-corrected chi connectivity index (χ3v) is 3.57. The van der Waals surface area contributed by atoms with E-state index in [-0.39, 0.29) is 5.54 Å². The Balaban J connectivity index is 2.20. The highest BCUT2D eigenvalue weighted by molar-refractivity contribution is 5.76. The summed E-state index contributed by atoms with van der Waals surface area (Å²) in [5.41, 5.74) is 15.0. The summed E-state index contributed by atoms with van der Waals surface area (Å²) in [5, 5.41) is 0. The Bertz CT molecular complexity index is 454. The van der Waals surface area contributed by atoms with Crippen molar-refractivity contribution >= 4 is 11.3 Å². The van der Waals surface area contributed by atoms with Crippen LogP contribution < -0.4 is 11.5 Å². The van der Waals surface area contributed by atoms with Crippen LogP contribution in [0.15, 0.2) is 42.5 Å². The van der Waals surface area contributed by atoms with Gasteiger partial charge in [-0.2, -0.15) is 0 Å². The molecular formula is C15H20N2. The third-order valence-electron chi connectivity index (χ3n) is 3.57. The Morgan fingerprint density at radius 3 is 2.29 bits per heavy atom. The molecule has 0 radical (unpaired) electrons. The van der Waals surface area contributed by atoms with Crippen molar-refractivity contribution in [2.45, 2.75) is 25.8 Å². The summed E-state index contributed by atoms with van der Waals surface area (Å²) in [7, 11) is 0. The fourth-order valence-corrected chi connectivity index (χ4v) is 1.99. The van der Waals surface area contributed by atoms with Gasteiger partial charge in [0.05, 0.1) is 0 Å². The van der Waals surface area contributed by atoms with E-state index >= 15 is 0 Å². The first kappa shape index (κ1) is 11.9. The van der Waals surface area contributed by atoms with Crippen LogP contribution in [0.2, 0.25) is 0 Å². The van der Waals surface area contributed by atoms with Gasteiger partial charge in [-0.15, -0.1) is 0 Å². The van der Waals surface area contributed by atoms with Crippen LogP contribution >= 0.6 is 0 Å². The zero-order valence-electron chi connectivity index (χ0n) is 10.5. The van der Waals surface area contributed by atoms with Gasteiger partial charge in [0.25, 0.3) is 0 Å². The van der Waals surface area contributed by atoms with Crippen molar-refractivity contribution in [2.24, 2.45) is 11.7 Å². The molecule has 2 rings (SSSR count). The minimum atomic E-state index is -0.197. The Hall–Kier alpha value is -1.54. The molecule has 1 unspecified atom stereocenters. The van der Waals surface area contributed by atoms with Crippen LogP contribution in [0.5, 0.6) is 0 Å². The van der Waals surface area contributed by atoms with Crippen LogP contribution in [0, 0.1) is 5.92 Å². The van der Waals surface area contributed by atoms with E-state index in [0.717, 1.165) is 12.1 Å². The second kappa shape index (κ2) is 4.38. The molecule has 17 heavy (non-hydrogen) atoms. The average Bonchev–Trinajstić information content (AvgIpc) is 2.31. The average molecular weight is 228 g/mol. The summed E-state index contributed by atoms with van der Waals surface area (Å²) in [6.07, 6.45) is 7.35. The summed E-state index contributed by atoms with van der Waals surface area (Å²) in [5.74, 6) is 0.447. The molecule has 0 aliphatic heterocycles. The van der Waals surface area contributed by atoms with Gasteiger partial charge in [-0.25, -0.2) is 0 Å². The molecule has 90 valence electrons. The largest absolute Gasteiger partial charge is 0.399 e. The Morgan fingerprint density at radius 2 is 1.82 bits per heavy atom. The lowest BCUT2D eigenvalue weighted by Crippen LogP contribution is -2.43. The molecule has 0 saturated heterocycles. The molecule has 1 aromatic rings. The van der Waals surface area contributed by atoms with Gasteiger partial charge in [-0.1, -0.05) is 44.2 Å². The van der Waals surface area contributed by atoms with Gasteiger partial charge in [-0.3, -0.25) is 0 Å². The van der Waals surface area contributed by atoms with Crippen molar-refractivity contribution < 1.29 is 0 Å². The molecule has 0 bridgehead atoms. The van der Waals surface area contributed by atoms with E-state index in [0.29, 0.717) is 5.92 Å². The lowest BCUT2D eigenvalue weighted by molar-refractivity contribution is 0.386. The normalized spacial score (nSPS) is 23.9. The molecular weight excluding hydrogens is 208 g/mol. The molecule has 0 aromatic heterocycles. The lowest BCUT2D eigenvalue weighted by atomic mass is 9.79. The van der Waals surface area contributed by atoms with Crippen molar-refractivity contribution in [1.29, 1.82) is 0 Å². The van der Waals surface area contributed by atoms with Crippen LogP contribution in [-0.2, 0) is 0 Å². The molecule has 2 heteroatoms. The van der Waals surface area contributed by atoms with E-state index in [9.17, 15) is 0 Å². The van der Waals surface area contributed by atoms with Gasteiger partial charge in [0, 0.05) is 11.2 Å². The zero-order valence-corrected chi connectivity index (χ0v) is 10.5. The number of rotatable bonds is 2. The van der Waals surface area contributed by atoms with Crippen LogP contribution in [0.25, 0.3) is 5.57 Å².